The summed E-state index contributed by atoms with van der Waals surface area (Å²) in [5.74, 6) is 0.963. The third kappa shape index (κ3) is 4.04. The summed E-state index contributed by atoms with van der Waals surface area (Å²) in [5, 5.41) is 3.62. The Balaban J connectivity index is 1.80. The second-order valence-electron chi connectivity index (χ2n) is 5.17. The molecule has 17 heavy (non-hydrogen) atoms. The Labute approximate surface area is 104 Å². The Morgan fingerprint density at radius 3 is 2.41 bits per heavy atom. The van der Waals surface area contributed by atoms with E-state index in [-0.39, 0.29) is 6.10 Å². The molecule has 1 saturated carbocycles. The molecule has 94 valence electrons. The van der Waals surface area contributed by atoms with E-state index in [9.17, 15) is 0 Å². The van der Waals surface area contributed by atoms with Crippen LogP contribution in [0.15, 0.2) is 24.3 Å². The van der Waals surface area contributed by atoms with Gasteiger partial charge in [-0.3, -0.25) is 0 Å². The number of hydrogen-bond donors (Lipinski definition) is 1. The molecule has 0 aromatic heterocycles. The first-order chi connectivity index (χ1) is 8.24. The van der Waals surface area contributed by atoms with Gasteiger partial charge >= 0.3 is 0 Å². The second kappa shape index (κ2) is 6.06. The molecule has 1 N–H and O–H groups in total. The largest absolute Gasteiger partial charge is 0.491 e. The number of ether oxygens (including phenoxy) is 1. The van der Waals surface area contributed by atoms with E-state index in [0.717, 1.165) is 18.3 Å². The third-order valence-corrected chi connectivity index (χ3v) is 3.25. The lowest BCUT2D eigenvalue weighted by Gasteiger charge is -2.13. The van der Waals surface area contributed by atoms with Crippen LogP contribution in [-0.2, 0) is 6.54 Å². The molecule has 1 aromatic rings. The lowest BCUT2D eigenvalue weighted by molar-refractivity contribution is 0.242. The zero-order chi connectivity index (χ0) is 12.1. The van der Waals surface area contributed by atoms with Gasteiger partial charge in [0, 0.05) is 12.6 Å². The summed E-state index contributed by atoms with van der Waals surface area (Å²) in [6.45, 7) is 5.08. The Bertz CT molecular complexity index is 325. The van der Waals surface area contributed by atoms with Crippen molar-refractivity contribution >= 4 is 0 Å². The molecule has 2 rings (SSSR count). The van der Waals surface area contributed by atoms with Crippen LogP contribution in [0.1, 0.15) is 45.1 Å². The molecule has 0 bridgehead atoms. The monoisotopic (exact) mass is 233 g/mol. The zero-order valence-corrected chi connectivity index (χ0v) is 10.9. The minimum absolute atomic E-state index is 0.248. The summed E-state index contributed by atoms with van der Waals surface area (Å²) < 4.78 is 5.63. The molecule has 0 amide bonds. The van der Waals surface area contributed by atoms with Crippen LogP contribution in [0.25, 0.3) is 0 Å². The Kier molecular flexibility index (Phi) is 4.43. The van der Waals surface area contributed by atoms with Crippen molar-refractivity contribution in [2.45, 2.75) is 58.2 Å². The van der Waals surface area contributed by atoms with E-state index in [0.29, 0.717) is 0 Å². The van der Waals surface area contributed by atoms with E-state index >= 15 is 0 Å². The molecule has 1 aromatic carbocycles. The molecular formula is C15H23NO. The maximum absolute atomic E-state index is 5.63. The topological polar surface area (TPSA) is 21.3 Å². The highest BCUT2D eigenvalue weighted by Gasteiger charge is 2.13. The first kappa shape index (κ1) is 12.4. The molecule has 0 spiro atoms. The fraction of sp³-hybridized carbons (Fsp3) is 0.600. The van der Waals surface area contributed by atoms with Crippen molar-refractivity contribution in [2.75, 3.05) is 0 Å². The van der Waals surface area contributed by atoms with Crippen LogP contribution in [0.2, 0.25) is 0 Å². The summed E-state index contributed by atoms with van der Waals surface area (Å²) in [4.78, 5) is 0. The van der Waals surface area contributed by atoms with Gasteiger partial charge in [-0.25, -0.2) is 0 Å². The molecule has 1 aliphatic carbocycles. The van der Waals surface area contributed by atoms with Crippen LogP contribution in [0, 0.1) is 0 Å². The highest BCUT2D eigenvalue weighted by atomic mass is 16.5. The van der Waals surface area contributed by atoms with Gasteiger partial charge < -0.3 is 10.1 Å². The molecule has 0 aliphatic heterocycles. The fourth-order valence-corrected chi connectivity index (χ4v) is 2.35. The summed E-state index contributed by atoms with van der Waals surface area (Å²) in [5.41, 5.74) is 1.34. The van der Waals surface area contributed by atoms with E-state index < -0.39 is 0 Å². The predicted octanol–water partition coefficient (Wildman–Crippen LogP) is 3.51. The van der Waals surface area contributed by atoms with E-state index in [4.69, 9.17) is 4.74 Å². The Morgan fingerprint density at radius 2 is 1.82 bits per heavy atom. The summed E-state index contributed by atoms with van der Waals surface area (Å²) in [6.07, 6.45) is 5.71. The van der Waals surface area contributed by atoms with E-state index in [2.05, 4.69) is 43.4 Å². The average molecular weight is 233 g/mol. The smallest absolute Gasteiger partial charge is 0.119 e. The molecule has 2 heteroatoms. The van der Waals surface area contributed by atoms with Gasteiger partial charge in [-0.15, -0.1) is 0 Å². The fourth-order valence-electron chi connectivity index (χ4n) is 2.35. The van der Waals surface area contributed by atoms with Gasteiger partial charge in [0.2, 0.25) is 0 Å². The molecular weight excluding hydrogens is 210 g/mol. The van der Waals surface area contributed by atoms with Crippen molar-refractivity contribution in [1.82, 2.24) is 5.32 Å². The molecule has 0 heterocycles. The normalized spacial score (nSPS) is 16.6. The lowest BCUT2D eigenvalue weighted by atomic mass is 10.2. The highest BCUT2D eigenvalue weighted by Crippen LogP contribution is 2.19. The minimum Gasteiger partial charge on any atom is -0.491 e. The summed E-state index contributed by atoms with van der Waals surface area (Å²) in [6, 6.07) is 9.16. The first-order valence-corrected chi connectivity index (χ1v) is 6.73. The van der Waals surface area contributed by atoms with Gasteiger partial charge in [0.25, 0.3) is 0 Å². The van der Waals surface area contributed by atoms with Crippen LogP contribution < -0.4 is 10.1 Å². The predicted molar refractivity (Wildman–Crippen MR) is 71.3 cm³/mol. The molecule has 0 radical (unpaired) electrons. The van der Waals surface area contributed by atoms with Gasteiger partial charge in [-0.1, -0.05) is 25.0 Å². The summed E-state index contributed by atoms with van der Waals surface area (Å²) in [7, 11) is 0. The summed E-state index contributed by atoms with van der Waals surface area (Å²) >= 11 is 0. The molecule has 0 saturated heterocycles. The zero-order valence-electron chi connectivity index (χ0n) is 10.9. The maximum Gasteiger partial charge on any atom is 0.119 e. The molecule has 0 atom stereocenters. The van der Waals surface area contributed by atoms with E-state index in [1.54, 1.807) is 0 Å². The van der Waals surface area contributed by atoms with Crippen LogP contribution in [-0.4, -0.2) is 12.1 Å². The van der Waals surface area contributed by atoms with Gasteiger partial charge in [0.1, 0.15) is 5.75 Å². The first-order valence-electron chi connectivity index (χ1n) is 6.73. The van der Waals surface area contributed by atoms with Gasteiger partial charge in [0.15, 0.2) is 0 Å². The quantitative estimate of drug-likeness (QED) is 0.840. The van der Waals surface area contributed by atoms with E-state index in [1.165, 1.54) is 31.2 Å². The van der Waals surface area contributed by atoms with Crippen molar-refractivity contribution in [1.29, 1.82) is 0 Å². The van der Waals surface area contributed by atoms with Gasteiger partial charge in [-0.2, -0.15) is 0 Å². The lowest BCUT2D eigenvalue weighted by Crippen LogP contribution is -2.25. The number of nitrogens with one attached hydrogen (secondary N) is 1. The van der Waals surface area contributed by atoms with Gasteiger partial charge in [-0.05, 0) is 44.4 Å². The SMILES string of the molecule is CC(C)Oc1ccc(CNC2CCCC2)cc1. The van der Waals surface area contributed by atoms with Gasteiger partial charge in [0.05, 0.1) is 6.10 Å². The number of rotatable bonds is 5. The van der Waals surface area contributed by atoms with Crippen molar-refractivity contribution in [3.63, 3.8) is 0 Å². The molecule has 1 aliphatic rings. The Hall–Kier alpha value is -1.02. The second-order valence-corrected chi connectivity index (χ2v) is 5.17. The third-order valence-electron chi connectivity index (χ3n) is 3.25. The molecule has 1 fully saturated rings. The maximum atomic E-state index is 5.63. The van der Waals surface area contributed by atoms with Crippen molar-refractivity contribution in [2.24, 2.45) is 0 Å². The van der Waals surface area contributed by atoms with Crippen LogP contribution in [0.5, 0.6) is 5.75 Å². The average Bonchev–Trinajstić information content (AvgIpc) is 2.80. The minimum atomic E-state index is 0.248. The molecule has 2 nitrogen and oxygen atoms in total. The Morgan fingerprint density at radius 1 is 1.18 bits per heavy atom. The molecule has 0 unspecified atom stereocenters. The van der Waals surface area contributed by atoms with Crippen molar-refractivity contribution < 1.29 is 4.74 Å². The van der Waals surface area contributed by atoms with Crippen molar-refractivity contribution in [3.8, 4) is 5.75 Å². The van der Waals surface area contributed by atoms with Crippen LogP contribution >= 0.6 is 0 Å². The number of hydrogen-bond acceptors (Lipinski definition) is 2. The van der Waals surface area contributed by atoms with Crippen LogP contribution in [0.4, 0.5) is 0 Å². The van der Waals surface area contributed by atoms with Crippen molar-refractivity contribution in [3.05, 3.63) is 29.8 Å². The standard InChI is InChI=1S/C15H23NO/c1-12(2)17-15-9-7-13(8-10-15)11-16-14-5-3-4-6-14/h7-10,12,14,16H,3-6,11H2,1-2H3. The van der Waals surface area contributed by atoms with Crippen LogP contribution in [0.3, 0.4) is 0 Å². The highest BCUT2D eigenvalue weighted by molar-refractivity contribution is 5.27. The number of benzene rings is 1. The van der Waals surface area contributed by atoms with E-state index in [1.807, 2.05) is 0 Å².